The minimum absolute atomic E-state index is 0.0194. The number of aliphatic imine (C=N–C) groups is 1. The first-order valence-electron chi connectivity index (χ1n) is 9.20. The van der Waals surface area contributed by atoms with Crippen LogP contribution in [0.1, 0.15) is 16.6 Å². The predicted octanol–water partition coefficient (Wildman–Crippen LogP) is 4.94. The largest absolute Gasteiger partial charge is 0.416 e. The molecular formula is C19H16ClF4IN4OS. The Hall–Kier alpha value is -1.28. The molecule has 2 atom stereocenters. The number of nitrogens with one attached hydrogen (secondary N) is 1. The van der Waals surface area contributed by atoms with Crippen molar-refractivity contribution in [2.45, 2.75) is 16.3 Å². The van der Waals surface area contributed by atoms with Crippen LogP contribution in [0.5, 0.6) is 0 Å². The number of rotatable bonds is 4. The smallest absolute Gasteiger partial charge is 0.378 e. The summed E-state index contributed by atoms with van der Waals surface area (Å²) >= 11 is 9.56. The van der Waals surface area contributed by atoms with Crippen molar-refractivity contribution in [2.75, 3.05) is 26.3 Å². The van der Waals surface area contributed by atoms with Gasteiger partial charge in [-0.05, 0) is 17.7 Å². The van der Waals surface area contributed by atoms with E-state index in [1.807, 2.05) is 4.90 Å². The standard InChI is InChI=1S/C19H16ClF4IN4OS/c20-12-7-10(21)1-2-11(12)16-15(19(22,23)24)13(8-29-4-5-30-9-14(29)25)27-17(28-16)18-26-3-6-31-18/h1-3,6-7,14,16H,4-5,8-9H2,(H,27,28). The molecule has 2 aliphatic heterocycles. The molecule has 0 amide bonds. The van der Waals surface area contributed by atoms with Gasteiger partial charge in [0.15, 0.2) is 10.8 Å². The number of halogens is 6. The Morgan fingerprint density at radius 2 is 2.16 bits per heavy atom. The van der Waals surface area contributed by atoms with E-state index in [1.165, 1.54) is 17.4 Å². The molecule has 3 heterocycles. The zero-order valence-corrected chi connectivity index (χ0v) is 19.5. The second kappa shape index (κ2) is 9.30. The van der Waals surface area contributed by atoms with Crippen LogP contribution < -0.4 is 5.32 Å². The summed E-state index contributed by atoms with van der Waals surface area (Å²) in [5, 5.41) is 4.92. The number of hydrogen-bond donors (Lipinski definition) is 1. The highest BCUT2D eigenvalue weighted by Crippen LogP contribution is 2.44. The van der Waals surface area contributed by atoms with E-state index in [0.29, 0.717) is 24.8 Å². The van der Waals surface area contributed by atoms with E-state index in [9.17, 15) is 17.6 Å². The maximum Gasteiger partial charge on any atom is 0.416 e. The van der Waals surface area contributed by atoms with Gasteiger partial charge >= 0.3 is 6.18 Å². The summed E-state index contributed by atoms with van der Waals surface area (Å²) in [6.45, 7) is 1.38. The molecule has 5 nitrogen and oxygen atoms in total. The molecule has 2 aliphatic rings. The van der Waals surface area contributed by atoms with Crippen molar-refractivity contribution in [3.05, 3.63) is 62.5 Å². The first kappa shape index (κ1) is 22.9. The quantitative estimate of drug-likeness (QED) is 0.239. The Morgan fingerprint density at radius 1 is 1.35 bits per heavy atom. The van der Waals surface area contributed by atoms with E-state index < -0.39 is 23.6 Å². The Labute approximate surface area is 198 Å². The molecule has 31 heavy (non-hydrogen) atoms. The van der Waals surface area contributed by atoms with Crippen molar-refractivity contribution in [3.63, 3.8) is 0 Å². The van der Waals surface area contributed by atoms with Gasteiger partial charge < -0.3 is 10.1 Å². The number of aromatic nitrogens is 1. The molecule has 0 spiro atoms. The highest BCUT2D eigenvalue weighted by Gasteiger charge is 2.45. The van der Waals surface area contributed by atoms with Crippen LogP contribution in [0.15, 0.2) is 46.0 Å². The number of alkyl halides is 4. The van der Waals surface area contributed by atoms with Crippen molar-refractivity contribution >= 4 is 51.4 Å². The van der Waals surface area contributed by atoms with Gasteiger partial charge in [-0.15, -0.1) is 11.3 Å². The van der Waals surface area contributed by atoms with E-state index in [2.05, 4.69) is 37.9 Å². The van der Waals surface area contributed by atoms with Gasteiger partial charge in [0.05, 0.1) is 22.8 Å². The molecule has 12 heteroatoms. The molecule has 1 aromatic carbocycles. The van der Waals surface area contributed by atoms with Crippen LogP contribution >= 0.6 is 45.5 Å². The van der Waals surface area contributed by atoms with Crippen molar-refractivity contribution in [1.29, 1.82) is 0 Å². The summed E-state index contributed by atoms with van der Waals surface area (Å²) in [6.07, 6.45) is -3.13. The van der Waals surface area contributed by atoms with Crippen LogP contribution in [0.3, 0.4) is 0 Å². The molecule has 1 N–H and O–H groups in total. The fourth-order valence-corrected chi connectivity index (χ4v) is 5.03. The van der Waals surface area contributed by atoms with Gasteiger partial charge in [-0.3, -0.25) is 9.89 Å². The number of amidine groups is 1. The lowest BCUT2D eigenvalue weighted by Gasteiger charge is -2.36. The van der Waals surface area contributed by atoms with Gasteiger partial charge in [0.1, 0.15) is 11.9 Å². The lowest BCUT2D eigenvalue weighted by atomic mass is 9.94. The Balaban J connectivity index is 1.83. The molecule has 4 rings (SSSR count). The topological polar surface area (TPSA) is 49.8 Å². The summed E-state index contributed by atoms with van der Waals surface area (Å²) in [7, 11) is 0. The van der Waals surface area contributed by atoms with E-state index in [4.69, 9.17) is 16.3 Å². The first-order chi connectivity index (χ1) is 14.7. The summed E-state index contributed by atoms with van der Waals surface area (Å²) in [4.78, 5) is 10.4. The molecule has 1 aromatic heterocycles. The van der Waals surface area contributed by atoms with Crippen molar-refractivity contribution in [3.8, 4) is 0 Å². The second-order valence-electron chi connectivity index (χ2n) is 6.88. The van der Waals surface area contributed by atoms with Crippen LogP contribution in [-0.2, 0) is 4.74 Å². The van der Waals surface area contributed by atoms with Crippen molar-refractivity contribution in [2.24, 2.45) is 4.99 Å². The molecule has 2 unspecified atom stereocenters. The molecular weight excluding hydrogens is 571 g/mol. The summed E-state index contributed by atoms with van der Waals surface area (Å²) < 4.78 is 61.9. The molecule has 0 aliphatic carbocycles. The van der Waals surface area contributed by atoms with Crippen LogP contribution in [0.4, 0.5) is 17.6 Å². The summed E-state index contributed by atoms with van der Waals surface area (Å²) in [5.41, 5.74) is -0.797. The minimum Gasteiger partial charge on any atom is -0.378 e. The molecule has 1 saturated heterocycles. The van der Waals surface area contributed by atoms with Crippen LogP contribution in [0.2, 0.25) is 5.02 Å². The first-order valence-corrected chi connectivity index (χ1v) is 11.7. The predicted molar refractivity (Wildman–Crippen MR) is 119 cm³/mol. The fraction of sp³-hybridized carbons (Fsp3) is 0.368. The molecule has 0 bridgehead atoms. The SMILES string of the molecule is Fc1ccc(C2N=C(c3nccs3)NC(CN3CCOCC3I)=C2C(F)(F)F)c(Cl)c1. The maximum absolute atomic E-state index is 14.3. The third kappa shape index (κ3) is 5.05. The second-order valence-corrected chi connectivity index (χ2v) is 9.62. The number of benzene rings is 1. The highest BCUT2D eigenvalue weighted by molar-refractivity contribution is 14.1. The van der Waals surface area contributed by atoms with E-state index >= 15 is 0 Å². The fourth-order valence-electron chi connectivity index (χ4n) is 3.44. The Kier molecular flexibility index (Phi) is 6.87. The average molecular weight is 587 g/mol. The molecule has 2 aromatic rings. The molecule has 1 fully saturated rings. The van der Waals surface area contributed by atoms with Crippen LogP contribution in [0, 0.1) is 5.82 Å². The van der Waals surface area contributed by atoms with Gasteiger partial charge in [0.2, 0.25) is 0 Å². The van der Waals surface area contributed by atoms with Crippen molar-refractivity contribution < 1.29 is 22.3 Å². The highest BCUT2D eigenvalue weighted by atomic mass is 127. The normalized spacial score (nSPS) is 23.0. The summed E-state index contributed by atoms with van der Waals surface area (Å²) in [5.74, 6) is -0.410. The number of thiazole rings is 1. The van der Waals surface area contributed by atoms with Crippen LogP contribution in [-0.4, -0.2) is 52.2 Å². The summed E-state index contributed by atoms with van der Waals surface area (Å²) in [6, 6.07) is 1.87. The molecule has 0 radical (unpaired) electrons. The third-order valence-corrected chi connectivity index (χ3v) is 7.11. The number of ether oxygens (including phenoxy) is 1. The van der Waals surface area contributed by atoms with Gasteiger partial charge in [-0.2, -0.15) is 13.2 Å². The van der Waals surface area contributed by atoms with Gasteiger partial charge in [0, 0.05) is 35.4 Å². The Bertz CT molecular complexity index is 1010. The zero-order chi connectivity index (χ0) is 22.2. The lowest BCUT2D eigenvalue weighted by molar-refractivity contribution is -0.0975. The van der Waals surface area contributed by atoms with Gasteiger partial charge in [0.25, 0.3) is 0 Å². The number of morpholine rings is 1. The van der Waals surface area contributed by atoms with E-state index in [0.717, 1.165) is 12.1 Å². The van der Waals surface area contributed by atoms with E-state index in [-0.39, 0.29) is 32.7 Å². The number of hydrogen-bond acceptors (Lipinski definition) is 6. The van der Waals surface area contributed by atoms with Gasteiger partial charge in [-0.1, -0.05) is 40.3 Å². The van der Waals surface area contributed by atoms with E-state index in [1.54, 1.807) is 11.6 Å². The molecule has 166 valence electrons. The van der Waals surface area contributed by atoms with Crippen molar-refractivity contribution in [1.82, 2.24) is 15.2 Å². The average Bonchev–Trinajstić information content (AvgIpc) is 3.23. The van der Waals surface area contributed by atoms with Gasteiger partial charge in [-0.25, -0.2) is 9.37 Å². The lowest BCUT2D eigenvalue weighted by Crippen LogP contribution is -2.47. The minimum atomic E-state index is -4.68. The monoisotopic (exact) mass is 586 g/mol. The van der Waals surface area contributed by atoms with Crippen LogP contribution in [0.25, 0.3) is 0 Å². The molecule has 0 saturated carbocycles. The maximum atomic E-state index is 14.3. The zero-order valence-electron chi connectivity index (χ0n) is 15.8. The third-order valence-electron chi connectivity index (χ3n) is 4.86. The number of nitrogens with zero attached hydrogens (tertiary/aromatic N) is 3. The Morgan fingerprint density at radius 3 is 2.81 bits per heavy atom.